The summed E-state index contributed by atoms with van der Waals surface area (Å²) in [4.78, 5) is 2.76. The number of ether oxygens (including phenoxy) is 5. The lowest BCUT2D eigenvalue weighted by Gasteiger charge is -2.46. The molecule has 1 fully saturated rings. The van der Waals surface area contributed by atoms with Crippen molar-refractivity contribution in [1.82, 2.24) is 0 Å². The molecule has 6 heteroatoms. The normalized spacial score (nSPS) is 20.0. The summed E-state index contributed by atoms with van der Waals surface area (Å²) in [6, 6.07) is 54.3. The van der Waals surface area contributed by atoms with E-state index in [-0.39, 0.29) is 0 Å². The van der Waals surface area contributed by atoms with Crippen LogP contribution in [0.25, 0.3) is 0 Å². The zero-order valence-corrected chi connectivity index (χ0v) is 31.1. The molecule has 6 aromatic rings. The van der Waals surface area contributed by atoms with Gasteiger partial charge in [-0.15, -0.1) is 11.3 Å². The fraction of sp³-hybridized carbons (Fsp3) is 0.277. The van der Waals surface area contributed by atoms with Crippen molar-refractivity contribution in [2.24, 2.45) is 0 Å². The van der Waals surface area contributed by atoms with Crippen LogP contribution in [0.3, 0.4) is 0 Å². The third-order valence-electron chi connectivity index (χ3n) is 9.61. The van der Waals surface area contributed by atoms with Crippen molar-refractivity contribution in [3.8, 4) is 0 Å². The third kappa shape index (κ3) is 10.4. The number of aryl methyl sites for hydroxylation is 1. The van der Waals surface area contributed by atoms with E-state index in [9.17, 15) is 0 Å². The van der Waals surface area contributed by atoms with E-state index >= 15 is 0 Å². The highest BCUT2D eigenvalue weighted by molar-refractivity contribution is 7.12. The van der Waals surface area contributed by atoms with Gasteiger partial charge in [0.15, 0.2) is 0 Å². The zero-order chi connectivity index (χ0) is 36.1. The molecule has 1 saturated heterocycles. The Balaban J connectivity index is 1.24. The minimum atomic E-state index is -0.478. The molecule has 0 spiro atoms. The first kappa shape index (κ1) is 36.9. The summed E-state index contributed by atoms with van der Waals surface area (Å²) in [7, 11) is 0. The number of rotatable bonds is 17. The van der Waals surface area contributed by atoms with Gasteiger partial charge in [0.25, 0.3) is 0 Å². The van der Waals surface area contributed by atoms with Crippen molar-refractivity contribution in [2.75, 3.05) is 6.61 Å². The minimum Gasteiger partial charge on any atom is -0.374 e. The molecule has 7 rings (SSSR count). The van der Waals surface area contributed by atoms with Crippen LogP contribution in [-0.2, 0) is 63.0 Å². The maximum Gasteiger partial charge on any atom is 0.117 e. The molecule has 1 aliphatic rings. The lowest BCUT2D eigenvalue weighted by Crippen LogP contribution is -2.58. The molecule has 0 radical (unpaired) electrons. The molecular weight excluding hydrogens is 677 g/mol. The van der Waals surface area contributed by atoms with Crippen LogP contribution >= 0.6 is 11.3 Å². The van der Waals surface area contributed by atoms with E-state index in [0.717, 1.165) is 40.7 Å². The van der Waals surface area contributed by atoms with E-state index in [4.69, 9.17) is 23.7 Å². The summed E-state index contributed by atoms with van der Waals surface area (Å²) in [6.07, 6.45) is -0.385. The predicted octanol–water partition coefficient (Wildman–Crippen LogP) is 10.3. The van der Waals surface area contributed by atoms with Crippen LogP contribution in [0.5, 0.6) is 0 Å². The third-order valence-corrected chi connectivity index (χ3v) is 10.8. The topological polar surface area (TPSA) is 46.2 Å². The average Bonchev–Trinajstić information content (AvgIpc) is 3.68. The van der Waals surface area contributed by atoms with Crippen LogP contribution in [0.4, 0.5) is 0 Å². The highest BCUT2D eigenvalue weighted by Crippen LogP contribution is 2.39. The summed E-state index contributed by atoms with van der Waals surface area (Å²) in [6.45, 7) is 4.23. The average molecular weight is 725 g/mol. The molecule has 0 amide bonds. The van der Waals surface area contributed by atoms with Gasteiger partial charge in [-0.25, -0.2) is 0 Å². The second kappa shape index (κ2) is 19.1. The molecule has 2 heterocycles. The van der Waals surface area contributed by atoms with E-state index in [1.807, 2.05) is 84.1 Å². The fourth-order valence-electron chi connectivity index (χ4n) is 6.85. The Bertz CT molecular complexity index is 1930. The number of thiophene rings is 1. The number of hydrogen-bond donors (Lipinski definition) is 0. The standard InChI is InChI=1S/C47H48O5S/c1-2-41-26-27-42(53-41)29-39-24-15-25-40(28-39)44-46(50-32-37-20-11-5-12-21-37)47(51-33-38-22-13-6-14-23-38)45(49-31-36-18-9-4-10-19-36)43(52-44)34-48-30-35-16-7-3-8-17-35/h3-28,43-47H,2,29-34H2,1H3/t43?,44-,45+,46-,47-/m0/s1. The van der Waals surface area contributed by atoms with Crippen molar-refractivity contribution < 1.29 is 23.7 Å². The fourth-order valence-corrected chi connectivity index (χ4v) is 7.84. The van der Waals surface area contributed by atoms with E-state index < -0.39 is 30.5 Å². The summed E-state index contributed by atoms with van der Waals surface area (Å²) >= 11 is 1.88. The maximum absolute atomic E-state index is 7.17. The molecule has 53 heavy (non-hydrogen) atoms. The Morgan fingerprint density at radius 3 is 1.53 bits per heavy atom. The zero-order valence-electron chi connectivity index (χ0n) is 30.3. The van der Waals surface area contributed by atoms with Gasteiger partial charge in [0.05, 0.1) is 33.0 Å². The highest BCUT2D eigenvalue weighted by Gasteiger charge is 2.49. The Morgan fingerprint density at radius 2 is 0.981 bits per heavy atom. The molecule has 5 nitrogen and oxygen atoms in total. The van der Waals surface area contributed by atoms with E-state index in [2.05, 4.69) is 91.9 Å². The van der Waals surface area contributed by atoms with E-state index in [1.54, 1.807) is 0 Å². The van der Waals surface area contributed by atoms with Gasteiger partial charge in [0.2, 0.25) is 0 Å². The van der Waals surface area contributed by atoms with Gasteiger partial charge in [0, 0.05) is 16.2 Å². The van der Waals surface area contributed by atoms with Gasteiger partial charge in [-0.1, -0.05) is 153 Å². The Morgan fingerprint density at radius 1 is 0.491 bits per heavy atom. The largest absolute Gasteiger partial charge is 0.374 e. The minimum absolute atomic E-state index is 0.329. The highest BCUT2D eigenvalue weighted by atomic mass is 32.1. The summed E-state index contributed by atoms with van der Waals surface area (Å²) < 4.78 is 34.4. The van der Waals surface area contributed by atoms with Crippen LogP contribution in [0.1, 0.15) is 56.2 Å². The maximum atomic E-state index is 7.17. The van der Waals surface area contributed by atoms with Crippen molar-refractivity contribution in [2.45, 2.75) is 76.7 Å². The first-order chi connectivity index (χ1) is 26.2. The second-order valence-corrected chi connectivity index (χ2v) is 14.8. The Labute approximate surface area is 318 Å². The first-order valence-corrected chi connectivity index (χ1v) is 19.4. The van der Waals surface area contributed by atoms with Gasteiger partial charge in [-0.2, -0.15) is 0 Å². The van der Waals surface area contributed by atoms with Gasteiger partial charge in [0.1, 0.15) is 30.5 Å². The lowest BCUT2D eigenvalue weighted by molar-refractivity contribution is -0.275. The smallest absolute Gasteiger partial charge is 0.117 e. The summed E-state index contributed by atoms with van der Waals surface area (Å²) in [5.74, 6) is 0. The lowest BCUT2D eigenvalue weighted by atomic mass is 9.89. The summed E-state index contributed by atoms with van der Waals surface area (Å²) in [5.41, 5.74) is 6.64. The summed E-state index contributed by atoms with van der Waals surface area (Å²) in [5, 5.41) is 0. The molecule has 0 aliphatic carbocycles. The van der Waals surface area contributed by atoms with Gasteiger partial charge < -0.3 is 23.7 Å². The van der Waals surface area contributed by atoms with Gasteiger partial charge in [-0.3, -0.25) is 0 Å². The quantitative estimate of drug-likeness (QED) is 0.0937. The molecule has 0 bridgehead atoms. The first-order valence-electron chi connectivity index (χ1n) is 18.6. The van der Waals surface area contributed by atoms with Crippen LogP contribution in [0.2, 0.25) is 0 Å². The van der Waals surface area contributed by atoms with Crippen molar-refractivity contribution in [3.63, 3.8) is 0 Å². The Hall–Kier alpha value is -4.40. The Kier molecular flexibility index (Phi) is 13.3. The molecule has 5 aromatic carbocycles. The number of hydrogen-bond acceptors (Lipinski definition) is 6. The van der Waals surface area contributed by atoms with Crippen LogP contribution in [0.15, 0.2) is 158 Å². The SMILES string of the molecule is CCc1ccc(Cc2cccc([C@@H]3OC(COCc4ccccc4)[C@@H](OCc4ccccc4)[C@H](OCc4ccccc4)[C@H]3OCc3ccccc3)c2)s1. The molecule has 1 aliphatic heterocycles. The van der Waals surface area contributed by atoms with Crippen LogP contribution in [0, 0.1) is 0 Å². The number of benzene rings is 5. The van der Waals surface area contributed by atoms with E-state index in [1.165, 1.54) is 15.3 Å². The molecule has 1 unspecified atom stereocenters. The molecule has 1 aromatic heterocycles. The van der Waals surface area contributed by atoms with Crippen molar-refractivity contribution >= 4 is 11.3 Å². The van der Waals surface area contributed by atoms with Crippen LogP contribution in [-0.4, -0.2) is 31.0 Å². The van der Waals surface area contributed by atoms with Gasteiger partial charge in [-0.05, 0) is 51.9 Å². The molecular formula is C47H48O5S. The predicted molar refractivity (Wildman–Crippen MR) is 212 cm³/mol. The van der Waals surface area contributed by atoms with Crippen LogP contribution < -0.4 is 0 Å². The van der Waals surface area contributed by atoms with Crippen molar-refractivity contribution in [3.05, 3.63) is 201 Å². The van der Waals surface area contributed by atoms with Gasteiger partial charge >= 0.3 is 0 Å². The monoisotopic (exact) mass is 724 g/mol. The molecule has 5 atom stereocenters. The molecule has 0 N–H and O–H groups in total. The van der Waals surface area contributed by atoms with E-state index in [0.29, 0.717) is 33.0 Å². The molecule has 0 saturated carbocycles. The molecule has 272 valence electrons. The second-order valence-electron chi connectivity index (χ2n) is 13.5. The van der Waals surface area contributed by atoms with Crippen molar-refractivity contribution in [1.29, 1.82) is 0 Å².